The third-order valence-electron chi connectivity index (χ3n) is 6.09. The molecular weight excluding hydrogens is 446 g/mol. The molecule has 1 saturated heterocycles. The molecule has 2 aliphatic heterocycles. The van der Waals surface area contributed by atoms with Crippen LogP contribution in [-0.4, -0.2) is 36.9 Å². The van der Waals surface area contributed by atoms with Gasteiger partial charge < -0.3 is 14.5 Å². The van der Waals surface area contributed by atoms with Gasteiger partial charge in [0.25, 0.3) is 11.8 Å². The Morgan fingerprint density at radius 1 is 1.03 bits per heavy atom. The maximum absolute atomic E-state index is 14.2. The van der Waals surface area contributed by atoms with Gasteiger partial charge in [0.15, 0.2) is 0 Å². The highest BCUT2D eigenvalue weighted by atomic mass is 32.1. The average molecular weight is 469 g/mol. The summed E-state index contributed by atoms with van der Waals surface area (Å²) in [6.07, 6.45) is 3.18. The number of benzene rings is 2. The highest BCUT2D eigenvalue weighted by Crippen LogP contribution is 2.43. The van der Waals surface area contributed by atoms with Gasteiger partial charge >= 0.3 is 0 Å². The van der Waals surface area contributed by atoms with Crippen LogP contribution in [0, 0.1) is 11.6 Å². The second-order valence-electron chi connectivity index (χ2n) is 8.28. The molecule has 8 heteroatoms. The van der Waals surface area contributed by atoms with Crippen LogP contribution in [0.25, 0.3) is 10.4 Å². The van der Waals surface area contributed by atoms with Crippen molar-refractivity contribution in [3.8, 4) is 16.2 Å². The summed E-state index contributed by atoms with van der Waals surface area (Å²) >= 11 is 1.28. The lowest BCUT2D eigenvalue weighted by molar-refractivity contribution is 0.0724. The van der Waals surface area contributed by atoms with E-state index in [1.54, 1.807) is 18.2 Å². The number of carbonyl (C=O) groups excluding carboxylic acids is 2. The smallest absolute Gasteiger partial charge is 0.268 e. The number of hydrogen-bond donors (Lipinski definition) is 0. The van der Waals surface area contributed by atoms with Crippen molar-refractivity contribution in [3.63, 3.8) is 0 Å². The standard InChI is InChI=1S/C25H22F2N2O3S/c1-28(20-7-6-17(26)13-19(20)27)25(31)22-12-16-14-32-21-8-5-15(11-18(21)23(16)33-22)24(30)29-9-3-2-4-10-29/h5-8,11-13H,2-4,9-10,14H2,1H3. The van der Waals surface area contributed by atoms with E-state index in [-0.39, 0.29) is 11.6 Å². The molecule has 0 N–H and O–H groups in total. The lowest BCUT2D eigenvalue weighted by atomic mass is 10.0. The molecule has 1 fully saturated rings. The molecule has 0 radical (unpaired) electrons. The van der Waals surface area contributed by atoms with Crippen LogP contribution >= 0.6 is 11.3 Å². The maximum atomic E-state index is 14.2. The van der Waals surface area contributed by atoms with Crippen LogP contribution in [0.5, 0.6) is 5.75 Å². The first-order valence-electron chi connectivity index (χ1n) is 10.8. The molecule has 3 aromatic rings. The molecule has 0 saturated carbocycles. The third-order valence-corrected chi connectivity index (χ3v) is 7.29. The van der Waals surface area contributed by atoms with Gasteiger partial charge in [-0.1, -0.05) is 0 Å². The molecule has 0 aliphatic carbocycles. The van der Waals surface area contributed by atoms with Crippen LogP contribution in [0.1, 0.15) is 44.9 Å². The summed E-state index contributed by atoms with van der Waals surface area (Å²) < 4.78 is 33.3. The van der Waals surface area contributed by atoms with Crippen LogP contribution < -0.4 is 9.64 Å². The number of anilines is 1. The summed E-state index contributed by atoms with van der Waals surface area (Å²) in [5, 5.41) is 0. The fraction of sp³-hybridized carbons (Fsp3) is 0.280. The SMILES string of the molecule is CN(C(=O)c1cc2c(s1)-c1cc(C(=O)N3CCCCC3)ccc1OC2)c1ccc(F)cc1F. The number of fused-ring (bicyclic) bond motifs is 3. The Balaban J connectivity index is 1.45. The fourth-order valence-electron chi connectivity index (χ4n) is 4.30. The van der Waals surface area contributed by atoms with Crippen molar-refractivity contribution in [2.24, 2.45) is 0 Å². The summed E-state index contributed by atoms with van der Waals surface area (Å²) in [4.78, 5) is 30.4. The molecule has 33 heavy (non-hydrogen) atoms. The van der Waals surface area contributed by atoms with Crippen LogP contribution in [0.15, 0.2) is 42.5 Å². The Hall–Kier alpha value is -3.26. The number of rotatable bonds is 3. The molecule has 0 unspecified atom stereocenters. The summed E-state index contributed by atoms with van der Waals surface area (Å²) in [6.45, 7) is 1.84. The number of thiophene rings is 1. The van der Waals surface area contributed by atoms with E-state index < -0.39 is 17.5 Å². The maximum Gasteiger partial charge on any atom is 0.268 e. The number of hydrogen-bond acceptors (Lipinski definition) is 4. The van der Waals surface area contributed by atoms with Crippen LogP contribution in [0.4, 0.5) is 14.5 Å². The zero-order valence-electron chi connectivity index (χ0n) is 18.1. The minimum absolute atomic E-state index is 0.00108. The van der Waals surface area contributed by atoms with Crippen molar-refractivity contribution in [2.45, 2.75) is 25.9 Å². The third kappa shape index (κ3) is 3.99. The molecule has 0 bridgehead atoms. The lowest BCUT2D eigenvalue weighted by Crippen LogP contribution is -2.35. The molecule has 2 aliphatic rings. The number of carbonyl (C=O) groups is 2. The number of ether oxygens (including phenoxy) is 1. The quantitative estimate of drug-likeness (QED) is 0.511. The summed E-state index contributed by atoms with van der Waals surface area (Å²) in [6, 6.07) is 10.3. The minimum Gasteiger partial charge on any atom is -0.488 e. The van der Waals surface area contributed by atoms with Gasteiger partial charge in [0.05, 0.1) is 10.6 Å². The Kier molecular flexibility index (Phi) is 5.62. The molecule has 0 spiro atoms. The fourth-order valence-corrected chi connectivity index (χ4v) is 5.46. The van der Waals surface area contributed by atoms with Crippen molar-refractivity contribution in [1.29, 1.82) is 0 Å². The topological polar surface area (TPSA) is 49.9 Å². The Bertz CT molecular complexity index is 1250. The van der Waals surface area contributed by atoms with Crippen molar-refractivity contribution >= 4 is 28.8 Å². The van der Waals surface area contributed by atoms with E-state index in [2.05, 4.69) is 0 Å². The van der Waals surface area contributed by atoms with E-state index in [0.29, 0.717) is 22.8 Å². The highest BCUT2D eigenvalue weighted by molar-refractivity contribution is 7.17. The average Bonchev–Trinajstić information content (AvgIpc) is 3.28. The summed E-state index contributed by atoms with van der Waals surface area (Å²) in [5.74, 6) is -1.24. The monoisotopic (exact) mass is 468 g/mol. The zero-order valence-corrected chi connectivity index (χ0v) is 18.9. The van der Waals surface area contributed by atoms with Gasteiger partial charge in [0.1, 0.15) is 24.0 Å². The second-order valence-corrected chi connectivity index (χ2v) is 9.33. The number of likely N-dealkylation sites (tertiary alicyclic amines) is 1. The largest absolute Gasteiger partial charge is 0.488 e. The van der Waals surface area contributed by atoms with Gasteiger partial charge in [0.2, 0.25) is 0 Å². The predicted molar refractivity (Wildman–Crippen MR) is 123 cm³/mol. The number of halogens is 2. The first-order valence-corrected chi connectivity index (χ1v) is 11.7. The Morgan fingerprint density at radius 2 is 1.82 bits per heavy atom. The number of nitrogens with zero attached hydrogens (tertiary/aromatic N) is 2. The molecule has 170 valence electrons. The van der Waals surface area contributed by atoms with Crippen LogP contribution in [-0.2, 0) is 6.61 Å². The van der Waals surface area contributed by atoms with Gasteiger partial charge in [-0.25, -0.2) is 8.78 Å². The molecule has 2 aromatic carbocycles. The van der Waals surface area contributed by atoms with Gasteiger partial charge in [-0.15, -0.1) is 11.3 Å². The van der Waals surface area contributed by atoms with Crippen molar-refractivity contribution < 1.29 is 23.1 Å². The molecule has 1 aromatic heterocycles. The normalized spacial score (nSPS) is 14.8. The van der Waals surface area contributed by atoms with Crippen molar-refractivity contribution in [1.82, 2.24) is 4.90 Å². The van der Waals surface area contributed by atoms with E-state index >= 15 is 0 Å². The Morgan fingerprint density at radius 3 is 2.58 bits per heavy atom. The van der Waals surface area contributed by atoms with Crippen LogP contribution in [0.2, 0.25) is 0 Å². The van der Waals surface area contributed by atoms with E-state index in [4.69, 9.17) is 4.74 Å². The molecule has 2 amide bonds. The first-order chi connectivity index (χ1) is 15.9. The molecule has 5 rings (SSSR count). The molecular formula is C25H22F2N2O3S. The van der Waals surface area contributed by atoms with Gasteiger partial charge in [-0.2, -0.15) is 0 Å². The van der Waals surface area contributed by atoms with E-state index in [0.717, 1.165) is 60.5 Å². The van der Waals surface area contributed by atoms with E-state index in [1.807, 2.05) is 11.0 Å². The second kappa shape index (κ2) is 8.59. The Labute approximate surface area is 194 Å². The number of amides is 2. The van der Waals surface area contributed by atoms with Gasteiger partial charge in [0, 0.05) is 47.8 Å². The lowest BCUT2D eigenvalue weighted by Gasteiger charge is -2.27. The minimum atomic E-state index is -0.804. The summed E-state index contributed by atoms with van der Waals surface area (Å²) in [7, 11) is 1.46. The van der Waals surface area contributed by atoms with Crippen LogP contribution in [0.3, 0.4) is 0 Å². The number of piperidine rings is 1. The highest BCUT2D eigenvalue weighted by Gasteiger charge is 2.27. The van der Waals surface area contributed by atoms with Gasteiger partial charge in [-0.3, -0.25) is 9.59 Å². The van der Waals surface area contributed by atoms with Crippen molar-refractivity contribution in [2.75, 3.05) is 25.0 Å². The van der Waals surface area contributed by atoms with E-state index in [9.17, 15) is 18.4 Å². The molecule has 5 nitrogen and oxygen atoms in total. The van der Waals surface area contributed by atoms with Crippen molar-refractivity contribution in [3.05, 3.63) is 70.1 Å². The predicted octanol–water partition coefficient (Wildman–Crippen LogP) is 5.49. The zero-order chi connectivity index (χ0) is 23.1. The first kappa shape index (κ1) is 21.6. The van der Waals surface area contributed by atoms with E-state index in [1.165, 1.54) is 29.4 Å². The summed E-state index contributed by atoms with van der Waals surface area (Å²) in [5.41, 5.74) is 2.21. The molecule has 0 atom stereocenters. The van der Waals surface area contributed by atoms with Gasteiger partial charge in [-0.05, 0) is 55.7 Å². The molecule has 3 heterocycles.